The SMILES string of the molecule is COc1csc(C(N)c2ccc(OC(C)C)cc2)c1. The number of hydrogen-bond donors (Lipinski definition) is 1. The lowest BCUT2D eigenvalue weighted by atomic mass is 10.1. The van der Waals surface area contributed by atoms with Crippen LogP contribution in [0.15, 0.2) is 35.7 Å². The summed E-state index contributed by atoms with van der Waals surface area (Å²) in [4.78, 5) is 1.09. The van der Waals surface area contributed by atoms with Gasteiger partial charge in [-0.25, -0.2) is 0 Å². The predicted molar refractivity (Wildman–Crippen MR) is 79.1 cm³/mol. The van der Waals surface area contributed by atoms with Gasteiger partial charge in [-0.1, -0.05) is 12.1 Å². The second kappa shape index (κ2) is 6.08. The van der Waals surface area contributed by atoms with Crippen molar-refractivity contribution in [1.82, 2.24) is 0 Å². The highest BCUT2D eigenvalue weighted by Crippen LogP contribution is 2.30. The maximum absolute atomic E-state index is 6.25. The van der Waals surface area contributed by atoms with Gasteiger partial charge in [-0.05, 0) is 37.6 Å². The van der Waals surface area contributed by atoms with Crippen LogP contribution in [-0.2, 0) is 0 Å². The summed E-state index contributed by atoms with van der Waals surface area (Å²) in [5.41, 5.74) is 7.32. The maximum Gasteiger partial charge on any atom is 0.129 e. The Labute approximate surface area is 118 Å². The highest BCUT2D eigenvalue weighted by atomic mass is 32.1. The Balaban J connectivity index is 2.12. The van der Waals surface area contributed by atoms with E-state index in [4.69, 9.17) is 15.2 Å². The van der Waals surface area contributed by atoms with Crippen LogP contribution < -0.4 is 15.2 Å². The summed E-state index contributed by atoms with van der Waals surface area (Å²) < 4.78 is 10.8. The molecule has 19 heavy (non-hydrogen) atoms. The van der Waals surface area contributed by atoms with E-state index in [1.165, 1.54) is 0 Å². The van der Waals surface area contributed by atoms with E-state index in [1.807, 2.05) is 49.6 Å². The lowest BCUT2D eigenvalue weighted by molar-refractivity contribution is 0.242. The Bertz CT molecular complexity index is 519. The van der Waals surface area contributed by atoms with Crippen LogP contribution in [0.3, 0.4) is 0 Å². The van der Waals surface area contributed by atoms with Crippen LogP contribution >= 0.6 is 11.3 Å². The van der Waals surface area contributed by atoms with Gasteiger partial charge in [0, 0.05) is 10.3 Å². The Hall–Kier alpha value is -1.52. The minimum atomic E-state index is -0.123. The van der Waals surface area contributed by atoms with Crippen LogP contribution in [0.25, 0.3) is 0 Å². The van der Waals surface area contributed by atoms with Crippen LogP contribution in [0.1, 0.15) is 30.3 Å². The third kappa shape index (κ3) is 3.49. The van der Waals surface area contributed by atoms with E-state index in [0.717, 1.165) is 21.9 Å². The lowest BCUT2D eigenvalue weighted by Gasteiger charge is -2.13. The Morgan fingerprint density at radius 3 is 2.32 bits per heavy atom. The summed E-state index contributed by atoms with van der Waals surface area (Å²) in [6, 6.07) is 9.79. The topological polar surface area (TPSA) is 44.5 Å². The molecule has 1 aromatic heterocycles. The molecule has 0 saturated heterocycles. The monoisotopic (exact) mass is 277 g/mol. The molecule has 0 amide bonds. The largest absolute Gasteiger partial charge is 0.496 e. The first-order valence-corrected chi connectivity index (χ1v) is 7.12. The van der Waals surface area contributed by atoms with E-state index in [0.29, 0.717) is 0 Å². The van der Waals surface area contributed by atoms with Crippen molar-refractivity contribution in [3.63, 3.8) is 0 Å². The number of hydrogen-bond acceptors (Lipinski definition) is 4. The van der Waals surface area contributed by atoms with Crippen molar-refractivity contribution < 1.29 is 9.47 Å². The molecule has 0 bridgehead atoms. The van der Waals surface area contributed by atoms with Crippen LogP contribution in [0.2, 0.25) is 0 Å². The number of methoxy groups -OCH3 is 1. The number of nitrogens with two attached hydrogens (primary N) is 1. The highest BCUT2D eigenvalue weighted by molar-refractivity contribution is 7.10. The number of thiophene rings is 1. The summed E-state index contributed by atoms with van der Waals surface area (Å²) in [6.07, 6.45) is 0.182. The van der Waals surface area contributed by atoms with Gasteiger partial charge in [0.15, 0.2) is 0 Å². The molecule has 2 N–H and O–H groups in total. The summed E-state index contributed by atoms with van der Waals surface area (Å²) in [7, 11) is 1.66. The van der Waals surface area contributed by atoms with Crippen LogP contribution in [0.5, 0.6) is 11.5 Å². The molecule has 0 aliphatic carbocycles. The van der Waals surface area contributed by atoms with Gasteiger partial charge in [0.1, 0.15) is 11.5 Å². The molecule has 102 valence electrons. The van der Waals surface area contributed by atoms with E-state index in [-0.39, 0.29) is 12.1 Å². The molecule has 2 rings (SSSR count). The van der Waals surface area contributed by atoms with Gasteiger partial charge in [-0.15, -0.1) is 11.3 Å². The quantitative estimate of drug-likeness (QED) is 0.908. The average molecular weight is 277 g/mol. The fourth-order valence-corrected chi connectivity index (χ4v) is 2.68. The first kappa shape index (κ1) is 13.9. The van der Waals surface area contributed by atoms with Crippen molar-refractivity contribution in [2.45, 2.75) is 26.0 Å². The molecule has 0 aliphatic rings. The van der Waals surface area contributed by atoms with Gasteiger partial charge in [-0.3, -0.25) is 0 Å². The molecule has 0 spiro atoms. The zero-order valence-electron chi connectivity index (χ0n) is 11.4. The summed E-state index contributed by atoms with van der Waals surface area (Å²) in [5.74, 6) is 1.73. The Morgan fingerprint density at radius 1 is 1.11 bits per heavy atom. The summed E-state index contributed by atoms with van der Waals surface area (Å²) in [6.45, 7) is 4.02. The van der Waals surface area contributed by atoms with Gasteiger partial charge in [-0.2, -0.15) is 0 Å². The normalized spacial score (nSPS) is 12.5. The van der Waals surface area contributed by atoms with Crippen molar-refractivity contribution in [3.8, 4) is 11.5 Å². The van der Waals surface area contributed by atoms with E-state index in [9.17, 15) is 0 Å². The first-order valence-electron chi connectivity index (χ1n) is 6.24. The standard InChI is InChI=1S/C15H19NO2S/c1-10(2)18-12-6-4-11(5-7-12)15(16)14-8-13(17-3)9-19-14/h4-10,15H,16H2,1-3H3. The molecule has 1 unspecified atom stereocenters. The number of ether oxygens (including phenoxy) is 2. The van der Waals surface area contributed by atoms with Crippen molar-refractivity contribution >= 4 is 11.3 Å². The molecular formula is C15H19NO2S. The first-order chi connectivity index (χ1) is 9.10. The molecule has 1 atom stereocenters. The second-order valence-electron chi connectivity index (χ2n) is 4.60. The molecule has 0 aliphatic heterocycles. The molecule has 0 radical (unpaired) electrons. The maximum atomic E-state index is 6.25. The average Bonchev–Trinajstić information content (AvgIpc) is 2.87. The molecule has 3 nitrogen and oxygen atoms in total. The van der Waals surface area contributed by atoms with Gasteiger partial charge < -0.3 is 15.2 Å². The van der Waals surface area contributed by atoms with E-state index >= 15 is 0 Å². The zero-order valence-corrected chi connectivity index (χ0v) is 12.2. The molecule has 0 saturated carbocycles. The molecule has 0 fully saturated rings. The molecule has 4 heteroatoms. The van der Waals surface area contributed by atoms with E-state index in [2.05, 4.69) is 0 Å². The van der Waals surface area contributed by atoms with Gasteiger partial charge in [0.25, 0.3) is 0 Å². The minimum absolute atomic E-state index is 0.123. The zero-order chi connectivity index (χ0) is 13.8. The minimum Gasteiger partial charge on any atom is -0.496 e. The van der Waals surface area contributed by atoms with Crippen molar-refractivity contribution in [3.05, 3.63) is 46.2 Å². The Kier molecular flexibility index (Phi) is 4.45. The van der Waals surface area contributed by atoms with Gasteiger partial charge in [0.2, 0.25) is 0 Å². The number of rotatable bonds is 5. The third-order valence-corrected chi connectivity index (χ3v) is 3.74. The van der Waals surface area contributed by atoms with Crippen molar-refractivity contribution in [2.75, 3.05) is 7.11 Å². The molecule has 2 aromatic rings. The number of benzene rings is 1. The summed E-state index contributed by atoms with van der Waals surface area (Å²) in [5, 5.41) is 1.96. The molecule has 1 heterocycles. The van der Waals surface area contributed by atoms with Crippen LogP contribution in [-0.4, -0.2) is 13.2 Å². The fourth-order valence-electron chi connectivity index (χ4n) is 1.79. The van der Waals surface area contributed by atoms with Gasteiger partial charge >= 0.3 is 0 Å². The second-order valence-corrected chi connectivity index (χ2v) is 5.55. The van der Waals surface area contributed by atoms with E-state index in [1.54, 1.807) is 18.4 Å². The smallest absolute Gasteiger partial charge is 0.129 e. The Morgan fingerprint density at radius 2 is 1.79 bits per heavy atom. The van der Waals surface area contributed by atoms with Crippen molar-refractivity contribution in [1.29, 1.82) is 0 Å². The van der Waals surface area contributed by atoms with Crippen molar-refractivity contribution in [2.24, 2.45) is 5.73 Å². The molecule has 1 aromatic carbocycles. The van der Waals surface area contributed by atoms with Gasteiger partial charge in [0.05, 0.1) is 19.3 Å². The van der Waals surface area contributed by atoms with Crippen LogP contribution in [0, 0.1) is 0 Å². The molecular weight excluding hydrogens is 258 g/mol. The van der Waals surface area contributed by atoms with E-state index < -0.39 is 0 Å². The third-order valence-electron chi connectivity index (χ3n) is 2.75. The fraction of sp³-hybridized carbons (Fsp3) is 0.333. The predicted octanol–water partition coefficient (Wildman–Crippen LogP) is 3.59. The highest BCUT2D eigenvalue weighted by Gasteiger charge is 2.12. The lowest BCUT2D eigenvalue weighted by Crippen LogP contribution is -2.10. The summed E-state index contributed by atoms with van der Waals surface area (Å²) >= 11 is 1.61. The van der Waals surface area contributed by atoms with Crippen LogP contribution in [0.4, 0.5) is 0 Å².